The second kappa shape index (κ2) is 4.46. The van der Waals surface area contributed by atoms with Crippen molar-refractivity contribution >= 4 is 11.3 Å². The number of benzene rings is 1. The van der Waals surface area contributed by atoms with Gasteiger partial charge in [-0.25, -0.2) is 0 Å². The Balaban J connectivity index is 2.46. The standard InChI is InChI=1S/C11H9F3N2S/c12-11(13,14)8-4-2-1-3-7(8)10(15)9-5-16-6-17-9/h1-6,10H,15H2. The molecule has 0 aliphatic heterocycles. The van der Waals surface area contributed by atoms with Crippen molar-refractivity contribution in [2.45, 2.75) is 12.2 Å². The predicted octanol–water partition coefficient (Wildman–Crippen LogP) is 3.21. The van der Waals surface area contributed by atoms with Crippen LogP contribution in [0.3, 0.4) is 0 Å². The van der Waals surface area contributed by atoms with E-state index in [0.717, 1.165) is 6.07 Å². The van der Waals surface area contributed by atoms with E-state index in [1.54, 1.807) is 11.6 Å². The summed E-state index contributed by atoms with van der Waals surface area (Å²) in [5.74, 6) is 0. The largest absolute Gasteiger partial charge is 0.416 e. The summed E-state index contributed by atoms with van der Waals surface area (Å²) < 4.78 is 38.3. The number of thiazole rings is 1. The van der Waals surface area contributed by atoms with Gasteiger partial charge in [0, 0.05) is 11.1 Å². The Bertz CT molecular complexity index is 494. The molecule has 0 radical (unpaired) electrons. The Morgan fingerprint density at radius 3 is 2.53 bits per heavy atom. The first-order valence-electron chi connectivity index (χ1n) is 4.80. The van der Waals surface area contributed by atoms with E-state index in [-0.39, 0.29) is 5.56 Å². The van der Waals surface area contributed by atoms with Crippen molar-refractivity contribution < 1.29 is 13.2 Å². The van der Waals surface area contributed by atoms with E-state index >= 15 is 0 Å². The van der Waals surface area contributed by atoms with Crippen LogP contribution in [0.15, 0.2) is 36.0 Å². The topological polar surface area (TPSA) is 38.9 Å². The molecule has 0 bridgehead atoms. The fraction of sp³-hybridized carbons (Fsp3) is 0.182. The van der Waals surface area contributed by atoms with Crippen molar-refractivity contribution in [1.82, 2.24) is 4.98 Å². The Morgan fingerprint density at radius 1 is 1.24 bits per heavy atom. The summed E-state index contributed by atoms with van der Waals surface area (Å²) in [7, 11) is 0. The van der Waals surface area contributed by atoms with Gasteiger partial charge in [-0.15, -0.1) is 11.3 Å². The highest BCUT2D eigenvalue weighted by atomic mass is 32.1. The third-order valence-corrected chi connectivity index (χ3v) is 3.22. The minimum absolute atomic E-state index is 0.0734. The first kappa shape index (κ1) is 12.1. The third-order valence-electron chi connectivity index (χ3n) is 2.36. The van der Waals surface area contributed by atoms with Crippen molar-refractivity contribution in [3.8, 4) is 0 Å². The summed E-state index contributed by atoms with van der Waals surface area (Å²) in [6.07, 6.45) is -2.90. The van der Waals surface area contributed by atoms with Crippen LogP contribution in [0.4, 0.5) is 13.2 Å². The summed E-state index contributed by atoms with van der Waals surface area (Å²) in [5.41, 5.74) is 6.76. The van der Waals surface area contributed by atoms with Crippen molar-refractivity contribution in [2.75, 3.05) is 0 Å². The molecule has 1 aromatic heterocycles. The monoisotopic (exact) mass is 258 g/mol. The molecule has 0 aliphatic carbocycles. The van der Waals surface area contributed by atoms with Gasteiger partial charge < -0.3 is 5.73 Å². The van der Waals surface area contributed by atoms with Crippen LogP contribution in [0.2, 0.25) is 0 Å². The van der Waals surface area contributed by atoms with Crippen LogP contribution in [0, 0.1) is 0 Å². The van der Waals surface area contributed by atoms with E-state index < -0.39 is 17.8 Å². The van der Waals surface area contributed by atoms with Gasteiger partial charge in [0.2, 0.25) is 0 Å². The number of aromatic nitrogens is 1. The van der Waals surface area contributed by atoms with Gasteiger partial charge in [-0.1, -0.05) is 18.2 Å². The second-order valence-electron chi connectivity index (χ2n) is 3.47. The lowest BCUT2D eigenvalue weighted by atomic mass is 10.00. The smallest absolute Gasteiger partial charge is 0.320 e. The third kappa shape index (κ3) is 2.48. The Morgan fingerprint density at radius 2 is 1.94 bits per heavy atom. The van der Waals surface area contributed by atoms with E-state index in [4.69, 9.17) is 5.73 Å². The van der Waals surface area contributed by atoms with E-state index in [9.17, 15) is 13.2 Å². The van der Waals surface area contributed by atoms with Gasteiger partial charge >= 0.3 is 6.18 Å². The van der Waals surface area contributed by atoms with Gasteiger partial charge in [-0.05, 0) is 11.6 Å². The van der Waals surface area contributed by atoms with Crippen LogP contribution in [0.25, 0.3) is 0 Å². The number of nitrogens with zero attached hydrogens (tertiary/aromatic N) is 1. The molecule has 1 atom stereocenters. The number of hydrogen-bond acceptors (Lipinski definition) is 3. The average molecular weight is 258 g/mol. The number of hydrogen-bond donors (Lipinski definition) is 1. The van der Waals surface area contributed by atoms with E-state index in [2.05, 4.69) is 4.98 Å². The van der Waals surface area contributed by atoms with E-state index in [1.165, 1.54) is 29.7 Å². The average Bonchev–Trinajstić information content (AvgIpc) is 2.80. The molecule has 6 heteroatoms. The molecule has 1 heterocycles. The first-order chi connectivity index (χ1) is 8.00. The zero-order chi connectivity index (χ0) is 12.5. The van der Waals surface area contributed by atoms with Gasteiger partial charge in [0.05, 0.1) is 17.1 Å². The fourth-order valence-electron chi connectivity index (χ4n) is 1.56. The second-order valence-corrected chi connectivity index (χ2v) is 4.38. The molecule has 1 aromatic carbocycles. The maximum Gasteiger partial charge on any atom is 0.416 e. The predicted molar refractivity (Wildman–Crippen MR) is 59.6 cm³/mol. The molecule has 2 nitrogen and oxygen atoms in total. The highest BCUT2D eigenvalue weighted by Crippen LogP contribution is 2.36. The number of nitrogens with two attached hydrogens (primary N) is 1. The van der Waals surface area contributed by atoms with Crippen LogP contribution < -0.4 is 5.73 Å². The van der Waals surface area contributed by atoms with Crippen molar-refractivity contribution in [1.29, 1.82) is 0 Å². The van der Waals surface area contributed by atoms with Gasteiger partial charge in [-0.3, -0.25) is 4.98 Å². The summed E-state index contributed by atoms with van der Waals surface area (Å²) in [6.45, 7) is 0. The molecular weight excluding hydrogens is 249 g/mol. The van der Waals surface area contributed by atoms with Crippen LogP contribution in [-0.2, 0) is 6.18 Å². The van der Waals surface area contributed by atoms with Gasteiger partial charge in [0.15, 0.2) is 0 Å². The number of alkyl halides is 3. The van der Waals surface area contributed by atoms with Crippen LogP contribution in [-0.4, -0.2) is 4.98 Å². The summed E-state index contributed by atoms with van der Waals surface area (Å²) in [5, 5.41) is 0. The van der Waals surface area contributed by atoms with Crippen molar-refractivity contribution in [3.63, 3.8) is 0 Å². The Kier molecular flexibility index (Phi) is 3.17. The zero-order valence-electron chi connectivity index (χ0n) is 8.61. The molecule has 0 saturated carbocycles. The molecule has 2 aromatic rings. The van der Waals surface area contributed by atoms with Crippen LogP contribution in [0.5, 0.6) is 0 Å². The lowest BCUT2D eigenvalue weighted by molar-refractivity contribution is -0.138. The summed E-state index contributed by atoms with van der Waals surface area (Å²) in [6, 6.07) is 4.54. The fourth-order valence-corrected chi connectivity index (χ4v) is 2.20. The van der Waals surface area contributed by atoms with Gasteiger partial charge in [0.1, 0.15) is 0 Å². The lowest BCUT2D eigenvalue weighted by Crippen LogP contribution is -2.17. The molecule has 90 valence electrons. The molecule has 17 heavy (non-hydrogen) atoms. The maximum atomic E-state index is 12.8. The molecule has 0 saturated heterocycles. The number of rotatable bonds is 2. The minimum Gasteiger partial charge on any atom is -0.320 e. The molecule has 1 unspecified atom stereocenters. The highest BCUT2D eigenvalue weighted by molar-refractivity contribution is 7.09. The molecule has 2 rings (SSSR count). The minimum atomic E-state index is -4.39. The Hall–Kier alpha value is -1.40. The van der Waals surface area contributed by atoms with E-state index in [1.807, 2.05) is 0 Å². The van der Waals surface area contributed by atoms with Gasteiger partial charge in [0.25, 0.3) is 0 Å². The SMILES string of the molecule is NC(c1cncs1)c1ccccc1C(F)(F)F. The lowest BCUT2D eigenvalue weighted by Gasteiger charge is -2.16. The molecule has 2 N–H and O–H groups in total. The van der Waals surface area contributed by atoms with E-state index in [0.29, 0.717) is 4.88 Å². The summed E-state index contributed by atoms with van der Waals surface area (Å²) in [4.78, 5) is 4.43. The zero-order valence-corrected chi connectivity index (χ0v) is 9.42. The van der Waals surface area contributed by atoms with Crippen molar-refractivity contribution in [2.24, 2.45) is 5.73 Å². The quantitative estimate of drug-likeness (QED) is 0.898. The normalized spacial score (nSPS) is 13.6. The maximum absolute atomic E-state index is 12.8. The van der Waals surface area contributed by atoms with Crippen molar-refractivity contribution in [3.05, 3.63) is 52.0 Å². The number of halogens is 3. The first-order valence-corrected chi connectivity index (χ1v) is 5.68. The molecule has 0 fully saturated rings. The molecular formula is C11H9F3N2S. The highest BCUT2D eigenvalue weighted by Gasteiger charge is 2.34. The molecule has 0 spiro atoms. The van der Waals surface area contributed by atoms with Crippen LogP contribution in [0.1, 0.15) is 22.0 Å². The van der Waals surface area contributed by atoms with Crippen LogP contribution >= 0.6 is 11.3 Å². The molecule has 0 amide bonds. The molecule has 0 aliphatic rings. The summed E-state index contributed by atoms with van der Waals surface area (Å²) >= 11 is 1.24. The van der Waals surface area contributed by atoms with Gasteiger partial charge in [-0.2, -0.15) is 13.2 Å². The Labute approximate surface area is 99.9 Å².